The monoisotopic (exact) mass is 284 g/mol. The second-order valence-corrected chi connectivity index (χ2v) is 7.22. The van der Waals surface area contributed by atoms with Crippen molar-refractivity contribution in [1.82, 2.24) is 10.6 Å². The molecule has 2 amide bonds. The van der Waals surface area contributed by atoms with Crippen molar-refractivity contribution < 1.29 is 14.7 Å². The lowest BCUT2D eigenvalue weighted by atomic mass is 9.79. The minimum Gasteiger partial charge on any atom is -0.480 e. The molecule has 1 aliphatic rings. The molecule has 116 valence electrons. The highest BCUT2D eigenvalue weighted by Crippen LogP contribution is 2.29. The fraction of sp³-hybridized carbons (Fsp3) is 0.867. The van der Waals surface area contributed by atoms with E-state index in [0.717, 1.165) is 19.3 Å². The van der Waals surface area contributed by atoms with Crippen molar-refractivity contribution in [2.45, 2.75) is 66.0 Å². The van der Waals surface area contributed by atoms with Gasteiger partial charge in [-0.05, 0) is 36.5 Å². The Labute approximate surface area is 121 Å². The van der Waals surface area contributed by atoms with Crippen LogP contribution in [-0.4, -0.2) is 29.2 Å². The minimum absolute atomic E-state index is 0.149. The SMILES string of the molecule is CC1CCC(NC(=O)NC(C(=O)O)C(C)(C)C)CC1C. The highest BCUT2D eigenvalue weighted by atomic mass is 16.4. The quantitative estimate of drug-likeness (QED) is 0.745. The van der Waals surface area contributed by atoms with E-state index in [-0.39, 0.29) is 12.1 Å². The van der Waals surface area contributed by atoms with Crippen LogP contribution in [-0.2, 0) is 4.79 Å². The number of carboxylic acids is 1. The van der Waals surface area contributed by atoms with Crippen molar-refractivity contribution in [2.24, 2.45) is 17.3 Å². The third-order valence-corrected chi connectivity index (χ3v) is 4.32. The van der Waals surface area contributed by atoms with E-state index in [0.29, 0.717) is 11.8 Å². The van der Waals surface area contributed by atoms with Gasteiger partial charge in [-0.2, -0.15) is 0 Å². The van der Waals surface area contributed by atoms with Gasteiger partial charge in [-0.3, -0.25) is 0 Å². The average molecular weight is 284 g/mol. The summed E-state index contributed by atoms with van der Waals surface area (Å²) < 4.78 is 0. The van der Waals surface area contributed by atoms with Gasteiger partial charge in [0.2, 0.25) is 0 Å². The van der Waals surface area contributed by atoms with Gasteiger partial charge in [0, 0.05) is 6.04 Å². The molecule has 1 rings (SSSR count). The molecule has 0 aromatic heterocycles. The standard InChI is InChI=1S/C15H28N2O3/c1-9-6-7-11(8-10(9)2)16-14(20)17-12(13(18)19)15(3,4)5/h9-12H,6-8H2,1-5H3,(H,18,19)(H2,16,17,20). The Kier molecular flexibility index (Phi) is 5.42. The molecular weight excluding hydrogens is 256 g/mol. The number of urea groups is 1. The lowest BCUT2D eigenvalue weighted by Gasteiger charge is -2.33. The van der Waals surface area contributed by atoms with E-state index < -0.39 is 17.4 Å². The first-order valence-electron chi connectivity index (χ1n) is 7.41. The van der Waals surface area contributed by atoms with E-state index in [4.69, 9.17) is 0 Å². The topological polar surface area (TPSA) is 78.4 Å². The molecule has 3 N–H and O–H groups in total. The molecule has 1 fully saturated rings. The zero-order valence-corrected chi connectivity index (χ0v) is 13.2. The molecule has 0 aliphatic heterocycles. The van der Waals surface area contributed by atoms with Crippen LogP contribution in [0.3, 0.4) is 0 Å². The fourth-order valence-electron chi connectivity index (χ4n) is 2.69. The lowest BCUT2D eigenvalue weighted by Crippen LogP contribution is -2.54. The Hall–Kier alpha value is -1.26. The number of carbonyl (C=O) groups excluding carboxylic acids is 1. The molecule has 0 heterocycles. The molecule has 0 spiro atoms. The first-order chi connectivity index (χ1) is 9.11. The van der Waals surface area contributed by atoms with Gasteiger partial charge in [-0.15, -0.1) is 0 Å². The van der Waals surface area contributed by atoms with Crippen LogP contribution in [0.1, 0.15) is 53.9 Å². The van der Waals surface area contributed by atoms with Gasteiger partial charge in [0.1, 0.15) is 6.04 Å². The van der Waals surface area contributed by atoms with E-state index in [1.165, 1.54) is 0 Å². The van der Waals surface area contributed by atoms with Gasteiger partial charge in [0.05, 0.1) is 0 Å². The molecule has 1 saturated carbocycles. The summed E-state index contributed by atoms with van der Waals surface area (Å²) in [7, 11) is 0. The molecule has 0 saturated heterocycles. The summed E-state index contributed by atoms with van der Waals surface area (Å²) in [6.45, 7) is 9.84. The van der Waals surface area contributed by atoms with Crippen molar-refractivity contribution in [3.63, 3.8) is 0 Å². The largest absolute Gasteiger partial charge is 0.480 e. The Morgan fingerprint density at radius 3 is 2.20 bits per heavy atom. The fourth-order valence-corrected chi connectivity index (χ4v) is 2.69. The Morgan fingerprint density at radius 1 is 1.15 bits per heavy atom. The van der Waals surface area contributed by atoms with E-state index in [2.05, 4.69) is 24.5 Å². The zero-order valence-electron chi connectivity index (χ0n) is 13.2. The van der Waals surface area contributed by atoms with E-state index in [9.17, 15) is 14.7 Å². The number of hydrogen-bond acceptors (Lipinski definition) is 2. The summed E-state index contributed by atoms with van der Waals surface area (Å²) in [5, 5.41) is 14.7. The maximum absolute atomic E-state index is 12.0. The second-order valence-electron chi connectivity index (χ2n) is 7.22. The maximum atomic E-state index is 12.0. The maximum Gasteiger partial charge on any atom is 0.326 e. The summed E-state index contributed by atoms with van der Waals surface area (Å²) in [4.78, 5) is 23.2. The molecule has 5 nitrogen and oxygen atoms in total. The van der Waals surface area contributed by atoms with Crippen LogP contribution in [0.2, 0.25) is 0 Å². The smallest absolute Gasteiger partial charge is 0.326 e. The van der Waals surface area contributed by atoms with E-state index >= 15 is 0 Å². The van der Waals surface area contributed by atoms with Crippen molar-refractivity contribution in [1.29, 1.82) is 0 Å². The first kappa shape index (κ1) is 16.8. The predicted octanol–water partition coefficient (Wildman–Crippen LogP) is 2.61. The zero-order chi connectivity index (χ0) is 15.5. The van der Waals surface area contributed by atoms with Crippen LogP contribution in [0, 0.1) is 17.3 Å². The molecule has 1 aliphatic carbocycles. The van der Waals surface area contributed by atoms with Crippen LogP contribution >= 0.6 is 0 Å². The second kappa shape index (κ2) is 6.46. The van der Waals surface area contributed by atoms with Crippen LogP contribution in [0.5, 0.6) is 0 Å². The van der Waals surface area contributed by atoms with Crippen molar-refractivity contribution in [3.8, 4) is 0 Å². The van der Waals surface area contributed by atoms with Crippen LogP contribution in [0.4, 0.5) is 4.79 Å². The van der Waals surface area contributed by atoms with E-state index in [1.807, 2.05) is 0 Å². The number of nitrogens with one attached hydrogen (secondary N) is 2. The number of carboxylic acid groups (broad SMARTS) is 1. The Balaban J connectivity index is 2.52. The number of carbonyl (C=O) groups is 2. The minimum atomic E-state index is -1.00. The van der Waals surface area contributed by atoms with Crippen molar-refractivity contribution >= 4 is 12.0 Å². The Morgan fingerprint density at radius 2 is 1.75 bits per heavy atom. The normalized spacial score (nSPS) is 28.6. The number of aliphatic carboxylic acids is 1. The van der Waals surface area contributed by atoms with Gasteiger partial charge in [0.25, 0.3) is 0 Å². The summed E-state index contributed by atoms with van der Waals surface area (Å²) in [6, 6.07) is -1.11. The number of rotatable bonds is 3. The van der Waals surface area contributed by atoms with Gasteiger partial charge in [0.15, 0.2) is 0 Å². The molecule has 4 unspecified atom stereocenters. The molecule has 5 heteroatoms. The molecule has 0 aromatic carbocycles. The third-order valence-electron chi connectivity index (χ3n) is 4.32. The average Bonchev–Trinajstić information content (AvgIpc) is 2.29. The summed E-state index contributed by atoms with van der Waals surface area (Å²) in [5.41, 5.74) is -0.516. The third kappa shape index (κ3) is 4.69. The van der Waals surface area contributed by atoms with Crippen LogP contribution in [0.25, 0.3) is 0 Å². The molecule has 0 radical (unpaired) electrons. The van der Waals surface area contributed by atoms with Gasteiger partial charge < -0.3 is 15.7 Å². The van der Waals surface area contributed by atoms with Crippen molar-refractivity contribution in [2.75, 3.05) is 0 Å². The molecule has 0 aromatic rings. The van der Waals surface area contributed by atoms with Crippen LogP contribution in [0.15, 0.2) is 0 Å². The summed E-state index contributed by atoms with van der Waals surface area (Å²) in [5.74, 6) is 0.280. The highest BCUT2D eigenvalue weighted by Gasteiger charge is 2.33. The molecular formula is C15H28N2O3. The molecule has 4 atom stereocenters. The van der Waals surface area contributed by atoms with Crippen LogP contribution < -0.4 is 10.6 Å². The molecule has 20 heavy (non-hydrogen) atoms. The highest BCUT2D eigenvalue weighted by molar-refractivity contribution is 5.83. The number of amides is 2. The van der Waals surface area contributed by atoms with Gasteiger partial charge in [-0.25, -0.2) is 9.59 Å². The van der Waals surface area contributed by atoms with Gasteiger partial charge in [-0.1, -0.05) is 34.6 Å². The summed E-state index contributed by atoms with van der Waals surface area (Å²) in [6.07, 6.45) is 3.03. The lowest BCUT2D eigenvalue weighted by molar-refractivity contribution is -0.141. The van der Waals surface area contributed by atoms with E-state index in [1.54, 1.807) is 20.8 Å². The number of hydrogen-bond donors (Lipinski definition) is 3. The van der Waals surface area contributed by atoms with Crippen molar-refractivity contribution in [3.05, 3.63) is 0 Å². The van der Waals surface area contributed by atoms with Gasteiger partial charge >= 0.3 is 12.0 Å². The predicted molar refractivity (Wildman–Crippen MR) is 78.5 cm³/mol. The molecule has 0 bridgehead atoms. The Bertz CT molecular complexity index is 363. The summed E-state index contributed by atoms with van der Waals surface area (Å²) >= 11 is 0. The first-order valence-corrected chi connectivity index (χ1v) is 7.41.